The number of aryl methyl sites for hydroxylation is 2. The summed E-state index contributed by atoms with van der Waals surface area (Å²) in [5.41, 5.74) is 4.89. The minimum absolute atomic E-state index is 0.501. The zero-order valence-corrected chi connectivity index (χ0v) is 12.8. The van der Waals surface area contributed by atoms with E-state index in [1.54, 1.807) is 13.1 Å². The van der Waals surface area contributed by atoms with Crippen LogP contribution in [0.1, 0.15) is 11.4 Å². The molecule has 0 atom stereocenters. The van der Waals surface area contributed by atoms with E-state index in [4.69, 9.17) is 4.52 Å². The molecule has 0 aliphatic rings. The van der Waals surface area contributed by atoms with Crippen LogP contribution in [-0.4, -0.2) is 20.1 Å². The number of rotatable bonds is 2. The summed E-state index contributed by atoms with van der Waals surface area (Å²) >= 11 is 0. The smallest absolute Gasteiger partial charge is 0.258 e. The number of hydrogen-bond donors (Lipinski definition) is 0. The van der Waals surface area contributed by atoms with Crippen LogP contribution in [0.3, 0.4) is 0 Å². The van der Waals surface area contributed by atoms with Crippen LogP contribution in [0, 0.1) is 13.8 Å². The molecule has 0 bridgehead atoms. The maximum Gasteiger partial charge on any atom is 0.258 e. The van der Waals surface area contributed by atoms with Gasteiger partial charge in [0, 0.05) is 28.9 Å². The molecule has 3 aromatic heterocycles. The van der Waals surface area contributed by atoms with Crippen molar-refractivity contribution in [3.05, 3.63) is 60.2 Å². The lowest BCUT2D eigenvalue weighted by Gasteiger charge is -2.08. The van der Waals surface area contributed by atoms with Crippen molar-refractivity contribution in [2.45, 2.75) is 13.8 Å². The van der Waals surface area contributed by atoms with Crippen LogP contribution < -0.4 is 0 Å². The molecule has 5 nitrogen and oxygen atoms in total. The monoisotopic (exact) mass is 302 g/mol. The van der Waals surface area contributed by atoms with E-state index >= 15 is 0 Å². The van der Waals surface area contributed by atoms with Gasteiger partial charge in [0.2, 0.25) is 0 Å². The molecule has 0 aliphatic carbocycles. The molecule has 0 spiro atoms. The first-order valence-corrected chi connectivity index (χ1v) is 7.34. The van der Waals surface area contributed by atoms with Crippen molar-refractivity contribution in [3.63, 3.8) is 0 Å². The predicted octanol–water partition coefficient (Wildman–Crippen LogP) is 3.96. The highest BCUT2D eigenvalue weighted by atomic mass is 16.5. The van der Waals surface area contributed by atoms with Gasteiger partial charge in [-0.1, -0.05) is 23.4 Å². The fourth-order valence-corrected chi connectivity index (χ4v) is 2.66. The fraction of sp³-hybridized carbons (Fsp3) is 0.111. The molecule has 0 saturated carbocycles. The Morgan fingerprint density at radius 3 is 2.70 bits per heavy atom. The van der Waals surface area contributed by atoms with Crippen LogP contribution >= 0.6 is 0 Å². The molecule has 1 aromatic carbocycles. The number of pyridine rings is 2. The van der Waals surface area contributed by atoms with Gasteiger partial charge in [0.15, 0.2) is 5.82 Å². The first-order valence-electron chi connectivity index (χ1n) is 7.34. The normalized spacial score (nSPS) is 11.0. The predicted molar refractivity (Wildman–Crippen MR) is 87.7 cm³/mol. The highest BCUT2D eigenvalue weighted by Gasteiger charge is 2.11. The third kappa shape index (κ3) is 2.36. The zero-order valence-electron chi connectivity index (χ0n) is 12.8. The van der Waals surface area contributed by atoms with Crippen molar-refractivity contribution in [1.82, 2.24) is 20.1 Å². The second-order valence-corrected chi connectivity index (χ2v) is 5.41. The lowest BCUT2D eigenvalue weighted by molar-refractivity contribution is 0.425. The van der Waals surface area contributed by atoms with Crippen molar-refractivity contribution in [2.24, 2.45) is 0 Å². The third-order valence-electron chi connectivity index (χ3n) is 3.78. The molecule has 0 fully saturated rings. The van der Waals surface area contributed by atoms with Gasteiger partial charge in [-0.3, -0.25) is 9.97 Å². The lowest BCUT2D eigenvalue weighted by atomic mass is 10.0. The maximum absolute atomic E-state index is 5.25. The van der Waals surface area contributed by atoms with Crippen LogP contribution in [-0.2, 0) is 0 Å². The minimum atomic E-state index is 0.501. The van der Waals surface area contributed by atoms with Gasteiger partial charge >= 0.3 is 0 Å². The van der Waals surface area contributed by atoms with E-state index in [9.17, 15) is 0 Å². The molecule has 0 radical (unpaired) electrons. The molecule has 0 unspecified atom stereocenters. The van der Waals surface area contributed by atoms with Crippen LogP contribution in [0.5, 0.6) is 0 Å². The van der Waals surface area contributed by atoms with Crippen molar-refractivity contribution in [2.75, 3.05) is 0 Å². The molecule has 3 heterocycles. The fourth-order valence-electron chi connectivity index (χ4n) is 2.66. The maximum atomic E-state index is 5.25. The number of nitrogens with zero attached hydrogens (tertiary/aromatic N) is 4. The Balaban J connectivity index is 1.90. The summed E-state index contributed by atoms with van der Waals surface area (Å²) in [5, 5.41) is 4.92. The quantitative estimate of drug-likeness (QED) is 0.560. The van der Waals surface area contributed by atoms with E-state index in [0.29, 0.717) is 11.7 Å². The number of fused-ring (bicyclic) bond motifs is 1. The summed E-state index contributed by atoms with van der Waals surface area (Å²) in [5.74, 6) is 1.11. The number of hydrogen-bond acceptors (Lipinski definition) is 5. The topological polar surface area (TPSA) is 64.7 Å². The van der Waals surface area contributed by atoms with E-state index in [0.717, 1.165) is 33.3 Å². The van der Waals surface area contributed by atoms with Gasteiger partial charge in [0.25, 0.3) is 5.89 Å². The summed E-state index contributed by atoms with van der Waals surface area (Å²) in [6.07, 6.45) is 3.57. The highest BCUT2D eigenvalue weighted by Crippen LogP contribution is 2.30. The highest BCUT2D eigenvalue weighted by molar-refractivity contribution is 5.95. The van der Waals surface area contributed by atoms with Gasteiger partial charge in [-0.25, -0.2) is 0 Å². The second-order valence-electron chi connectivity index (χ2n) is 5.41. The molecular formula is C18H14N4O. The van der Waals surface area contributed by atoms with Crippen molar-refractivity contribution in [3.8, 4) is 22.7 Å². The summed E-state index contributed by atoms with van der Waals surface area (Å²) < 4.78 is 5.25. The van der Waals surface area contributed by atoms with Gasteiger partial charge in [-0.15, -0.1) is 0 Å². The Bertz CT molecular complexity index is 1010. The number of benzene rings is 1. The average molecular weight is 302 g/mol. The van der Waals surface area contributed by atoms with Crippen LogP contribution in [0.15, 0.2) is 53.3 Å². The molecule has 0 aliphatic heterocycles. The van der Waals surface area contributed by atoms with Crippen LogP contribution in [0.2, 0.25) is 0 Å². The first kappa shape index (κ1) is 13.6. The molecule has 0 amide bonds. The average Bonchev–Trinajstić information content (AvgIpc) is 3.02. The third-order valence-corrected chi connectivity index (χ3v) is 3.78. The number of aromatic nitrogens is 4. The van der Waals surface area contributed by atoms with Crippen molar-refractivity contribution < 1.29 is 4.52 Å². The molecule has 4 aromatic rings. The standard InChI is InChI=1S/C18H14N4O/c1-11-5-6-14(15-4-3-8-20-17(11)15)16-10-13(7-9-19-16)18-21-12(2)22-23-18/h3-10H,1-2H3. The van der Waals surface area contributed by atoms with Crippen molar-refractivity contribution in [1.29, 1.82) is 0 Å². The molecule has 23 heavy (non-hydrogen) atoms. The SMILES string of the molecule is Cc1noc(-c2ccnc(-c3ccc(C)c4ncccc34)c2)n1. The second kappa shape index (κ2) is 5.28. The van der Waals surface area contributed by atoms with Gasteiger partial charge in [0.1, 0.15) is 0 Å². The molecule has 4 rings (SSSR count). The van der Waals surface area contributed by atoms with Crippen LogP contribution in [0.4, 0.5) is 0 Å². The molecular weight excluding hydrogens is 288 g/mol. The Kier molecular flexibility index (Phi) is 3.12. The van der Waals surface area contributed by atoms with Gasteiger partial charge in [0.05, 0.1) is 11.2 Å². The first-order chi connectivity index (χ1) is 11.2. The minimum Gasteiger partial charge on any atom is -0.334 e. The Labute approximate surface area is 133 Å². The van der Waals surface area contributed by atoms with E-state index in [1.807, 2.05) is 24.4 Å². The van der Waals surface area contributed by atoms with E-state index in [2.05, 4.69) is 45.2 Å². The molecule has 5 heteroatoms. The van der Waals surface area contributed by atoms with E-state index in [-0.39, 0.29) is 0 Å². The summed E-state index contributed by atoms with van der Waals surface area (Å²) in [4.78, 5) is 13.3. The van der Waals surface area contributed by atoms with E-state index in [1.165, 1.54) is 0 Å². The lowest BCUT2D eigenvalue weighted by Crippen LogP contribution is -1.90. The zero-order chi connectivity index (χ0) is 15.8. The molecule has 0 saturated heterocycles. The Morgan fingerprint density at radius 2 is 1.87 bits per heavy atom. The van der Waals surface area contributed by atoms with Gasteiger partial charge in [-0.05, 0) is 37.6 Å². The summed E-state index contributed by atoms with van der Waals surface area (Å²) in [7, 11) is 0. The molecule has 112 valence electrons. The van der Waals surface area contributed by atoms with Gasteiger partial charge < -0.3 is 4.52 Å². The largest absolute Gasteiger partial charge is 0.334 e. The van der Waals surface area contributed by atoms with Crippen LogP contribution in [0.25, 0.3) is 33.6 Å². The molecule has 0 N–H and O–H groups in total. The van der Waals surface area contributed by atoms with Gasteiger partial charge in [-0.2, -0.15) is 4.98 Å². The Morgan fingerprint density at radius 1 is 0.957 bits per heavy atom. The summed E-state index contributed by atoms with van der Waals surface area (Å²) in [6, 6.07) is 12.0. The van der Waals surface area contributed by atoms with Crippen molar-refractivity contribution >= 4 is 10.9 Å². The summed E-state index contributed by atoms with van der Waals surface area (Å²) in [6.45, 7) is 3.86. The Hall–Kier alpha value is -3.08. The van der Waals surface area contributed by atoms with E-state index < -0.39 is 0 Å².